The van der Waals surface area contributed by atoms with E-state index in [4.69, 9.17) is 4.74 Å². The van der Waals surface area contributed by atoms with E-state index in [0.717, 1.165) is 6.54 Å². The third kappa shape index (κ3) is 3.71. The number of amides is 1. The van der Waals surface area contributed by atoms with Gasteiger partial charge in [-0.05, 0) is 0 Å². The molecule has 5 heteroatoms. The van der Waals surface area contributed by atoms with Crippen LogP contribution in [-0.4, -0.2) is 49.5 Å². The van der Waals surface area contributed by atoms with Gasteiger partial charge in [-0.15, -0.1) is 0 Å². The molecule has 76 valence electrons. The molecule has 0 saturated carbocycles. The van der Waals surface area contributed by atoms with E-state index in [9.17, 15) is 9.90 Å². The van der Waals surface area contributed by atoms with Gasteiger partial charge in [0, 0.05) is 26.6 Å². The standard InChI is InChI=1S/C8H16N2O3/c1-7(11)10-5-8(12)4-9-2-3-13-6-8/h9,12H,2-6H2,1H3,(H,10,11)/t8-/m0/s1. The topological polar surface area (TPSA) is 70.6 Å². The van der Waals surface area contributed by atoms with Crippen molar-refractivity contribution in [3.05, 3.63) is 0 Å². The third-order valence-corrected chi connectivity index (χ3v) is 1.91. The van der Waals surface area contributed by atoms with Gasteiger partial charge in [0.15, 0.2) is 0 Å². The average molecular weight is 188 g/mol. The molecule has 1 fully saturated rings. The molecule has 5 nitrogen and oxygen atoms in total. The Labute approximate surface area is 77.5 Å². The molecule has 1 amide bonds. The maximum atomic E-state index is 10.6. The zero-order valence-corrected chi connectivity index (χ0v) is 7.80. The van der Waals surface area contributed by atoms with E-state index in [1.165, 1.54) is 6.92 Å². The van der Waals surface area contributed by atoms with Gasteiger partial charge < -0.3 is 20.5 Å². The molecule has 1 aliphatic rings. The van der Waals surface area contributed by atoms with E-state index in [1.807, 2.05) is 0 Å². The summed E-state index contributed by atoms with van der Waals surface area (Å²) in [7, 11) is 0. The van der Waals surface area contributed by atoms with E-state index < -0.39 is 5.60 Å². The summed E-state index contributed by atoms with van der Waals surface area (Å²) in [5.74, 6) is -0.141. The fourth-order valence-electron chi connectivity index (χ4n) is 1.18. The molecule has 13 heavy (non-hydrogen) atoms. The molecule has 0 spiro atoms. The number of hydrogen-bond donors (Lipinski definition) is 3. The number of carbonyl (C=O) groups excluding carboxylic acids is 1. The Balaban J connectivity index is 2.37. The van der Waals surface area contributed by atoms with Gasteiger partial charge in [-0.25, -0.2) is 0 Å². The maximum Gasteiger partial charge on any atom is 0.216 e. The molecule has 1 heterocycles. The summed E-state index contributed by atoms with van der Waals surface area (Å²) < 4.78 is 5.18. The molecule has 3 N–H and O–H groups in total. The maximum absolute atomic E-state index is 10.6. The van der Waals surface area contributed by atoms with Gasteiger partial charge in [0.25, 0.3) is 0 Å². The predicted molar refractivity (Wildman–Crippen MR) is 47.3 cm³/mol. The van der Waals surface area contributed by atoms with Crippen LogP contribution in [0.4, 0.5) is 0 Å². The Hall–Kier alpha value is -0.650. The summed E-state index contributed by atoms with van der Waals surface area (Å²) in [5.41, 5.74) is -0.970. The minimum Gasteiger partial charge on any atom is -0.384 e. The Kier molecular flexibility index (Phi) is 3.65. The molecule has 0 aromatic heterocycles. The van der Waals surface area contributed by atoms with Crippen molar-refractivity contribution in [2.45, 2.75) is 12.5 Å². The first-order valence-corrected chi connectivity index (χ1v) is 4.38. The first-order valence-electron chi connectivity index (χ1n) is 4.38. The van der Waals surface area contributed by atoms with E-state index in [2.05, 4.69) is 10.6 Å². The van der Waals surface area contributed by atoms with E-state index in [1.54, 1.807) is 0 Å². The molecule has 0 bridgehead atoms. The van der Waals surface area contributed by atoms with E-state index in [0.29, 0.717) is 13.2 Å². The minimum absolute atomic E-state index is 0.141. The number of aliphatic hydroxyl groups is 1. The van der Waals surface area contributed by atoms with Crippen LogP contribution in [0.3, 0.4) is 0 Å². The quantitative estimate of drug-likeness (QED) is 0.492. The molecule has 0 radical (unpaired) electrons. The van der Waals surface area contributed by atoms with Gasteiger partial charge in [0.2, 0.25) is 5.91 Å². The largest absolute Gasteiger partial charge is 0.384 e. The predicted octanol–water partition coefficient (Wildman–Crippen LogP) is -1.53. The van der Waals surface area contributed by atoms with Crippen molar-refractivity contribution in [2.24, 2.45) is 0 Å². The van der Waals surface area contributed by atoms with Crippen molar-refractivity contribution in [1.29, 1.82) is 0 Å². The molecule has 0 aromatic rings. The van der Waals surface area contributed by atoms with Gasteiger partial charge in [-0.3, -0.25) is 4.79 Å². The lowest BCUT2D eigenvalue weighted by Gasteiger charge is -2.25. The second kappa shape index (κ2) is 4.55. The van der Waals surface area contributed by atoms with Gasteiger partial charge >= 0.3 is 0 Å². The second-order valence-corrected chi connectivity index (χ2v) is 3.36. The number of nitrogens with one attached hydrogen (secondary N) is 2. The smallest absolute Gasteiger partial charge is 0.216 e. The highest BCUT2D eigenvalue weighted by molar-refractivity contribution is 5.72. The molecular formula is C8H16N2O3. The van der Waals surface area contributed by atoms with Crippen molar-refractivity contribution >= 4 is 5.91 Å². The molecule has 0 aromatic carbocycles. The first kappa shape index (κ1) is 10.4. The van der Waals surface area contributed by atoms with E-state index >= 15 is 0 Å². The van der Waals surface area contributed by atoms with Crippen molar-refractivity contribution < 1.29 is 14.6 Å². The summed E-state index contributed by atoms with van der Waals surface area (Å²) in [5, 5.41) is 15.5. The third-order valence-electron chi connectivity index (χ3n) is 1.91. The average Bonchev–Trinajstić information content (AvgIpc) is 2.28. The van der Waals surface area contributed by atoms with Gasteiger partial charge in [-0.2, -0.15) is 0 Å². The molecule has 0 unspecified atom stereocenters. The van der Waals surface area contributed by atoms with Crippen molar-refractivity contribution in [2.75, 3.05) is 32.8 Å². The van der Waals surface area contributed by atoms with Crippen LogP contribution < -0.4 is 10.6 Å². The first-order chi connectivity index (χ1) is 6.12. The summed E-state index contributed by atoms with van der Waals surface area (Å²) in [6.45, 7) is 3.71. The fraction of sp³-hybridized carbons (Fsp3) is 0.875. The Bertz CT molecular complexity index is 176. The van der Waals surface area contributed by atoms with Crippen LogP contribution >= 0.6 is 0 Å². The molecule has 0 aliphatic carbocycles. The van der Waals surface area contributed by atoms with Crippen LogP contribution in [0.5, 0.6) is 0 Å². The lowest BCUT2D eigenvalue weighted by molar-refractivity contribution is -0.120. The molecule has 1 atom stereocenters. The van der Waals surface area contributed by atoms with Gasteiger partial charge in [0.1, 0.15) is 5.60 Å². The fourth-order valence-corrected chi connectivity index (χ4v) is 1.18. The van der Waals surface area contributed by atoms with Crippen LogP contribution in [0, 0.1) is 0 Å². The summed E-state index contributed by atoms with van der Waals surface area (Å²) >= 11 is 0. The van der Waals surface area contributed by atoms with Crippen LogP contribution in [0.15, 0.2) is 0 Å². The number of rotatable bonds is 2. The lowest BCUT2D eigenvalue weighted by atomic mass is 10.1. The van der Waals surface area contributed by atoms with Gasteiger partial charge in [-0.1, -0.05) is 0 Å². The number of carbonyl (C=O) groups is 1. The second-order valence-electron chi connectivity index (χ2n) is 3.36. The van der Waals surface area contributed by atoms with Gasteiger partial charge in [0.05, 0.1) is 13.2 Å². The molecular weight excluding hydrogens is 172 g/mol. The number of ether oxygens (including phenoxy) is 1. The molecule has 1 aliphatic heterocycles. The SMILES string of the molecule is CC(=O)NC[C@@]1(O)CNCCOC1. The van der Waals surface area contributed by atoms with Crippen LogP contribution in [-0.2, 0) is 9.53 Å². The van der Waals surface area contributed by atoms with Crippen LogP contribution in [0.1, 0.15) is 6.92 Å². The summed E-state index contributed by atoms with van der Waals surface area (Å²) in [6, 6.07) is 0. The Morgan fingerprint density at radius 2 is 2.54 bits per heavy atom. The van der Waals surface area contributed by atoms with Crippen molar-refractivity contribution in [1.82, 2.24) is 10.6 Å². The summed E-state index contributed by atoms with van der Waals surface area (Å²) in [4.78, 5) is 10.6. The minimum atomic E-state index is -0.970. The van der Waals surface area contributed by atoms with Crippen LogP contribution in [0.2, 0.25) is 0 Å². The highest BCUT2D eigenvalue weighted by Crippen LogP contribution is 2.04. The zero-order chi connectivity index (χ0) is 9.73. The van der Waals surface area contributed by atoms with Crippen molar-refractivity contribution in [3.63, 3.8) is 0 Å². The number of hydrogen-bond acceptors (Lipinski definition) is 4. The molecule has 1 saturated heterocycles. The van der Waals surface area contributed by atoms with E-state index in [-0.39, 0.29) is 19.1 Å². The molecule has 1 rings (SSSR count). The highest BCUT2D eigenvalue weighted by Gasteiger charge is 2.28. The van der Waals surface area contributed by atoms with Crippen molar-refractivity contribution in [3.8, 4) is 0 Å². The Morgan fingerprint density at radius 3 is 3.23 bits per heavy atom. The monoisotopic (exact) mass is 188 g/mol. The normalized spacial score (nSPS) is 29.4. The highest BCUT2D eigenvalue weighted by atomic mass is 16.5. The zero-order valence-electron chi connectivity index (χ0n) is 7.80. The summed E-state index contributed by atoms with van der Waals surface area (Å²) in [6.07, 6.45) is 0. The van der Waals surface area contributed by atoms with Crippen LogP contribution in [0.25, 0.3) is 0 Å². The lowest BCUT2D eigenvalue weighted by Crippen LogP contribution is -2.51. The number of β-amino-alcohol motifs (C(OH)–C–C–N with tert-alkyl or cyclic N) is 1. The Morgan fingerprint density at radius 1 is 1.77 bits per heavy atom.